The standard InChI is InChI=1S/C11H14FNO/c12-11(5-7-13-8-6-11)9-3-1-2-4-10(9)14/h1-4,13-14H,5-8H2. The summed E-state index contributed by atoms with van der Waals surface area (Å²) in [6.45, 7) is 1.34. The van der Waals surface area contributed by atoms with Crippen molar-refractivity contribution in [3.05, 3.63) is 29.8 Å². The first-order chi connectivity index (χ1) is 6.72. The molecule has 0 unspecified atom stereocenters. The summed E-state index contributed by atoms with van der Waals surface area (Å²) in [6, 6.07) is 6.68. The van der Waals surface area contributed by atoms with Gasteiger partial charge in [-0.2, -0.15) is 0 Å². The molecular weight excluding hydrogens is 181 g/mol. The molecule has 2 N–H and O–H groups in total. The number of benzene rings is 1. The summed E-state index contributed by atoms with van der Waals surface area (Å²) < 4.78 is 14.4. The molecule has 2 nitrogen and oxygen atoms in total. The van der Waals surface area contributed by atoms with Crippen molar-refractivity contribution in [1.29, 1.82) is 0 Å². The highest BCUT2D eigenvalue weighted by molar-refractivity contribution is 5.37. The van der Waals surface area contributed by atoms with Gasteiger partial charge in [-0.15, -0.1) is 0 Å². The summed E-state index contributed by atoms with van der Waals surface area (Å²) in [7, 11) is 0. The van der Waals surface area contributed by atoms with Gasteiger partial charge < -0.3 is 10.4 Å². The third kappa shape index (κ3) is 1.60. The Labute approximate surface area is 82.8 Å². The lowest BCUT2D eigenvalue weighted by Crippen LogP contribution is -2.36. The molecule has 14 heavy (non-hydrogen) atoms. The molecule has 76 valence electrons. The fourth-order valence-electron chi connectivity index (χ4n) is 1.94. The molecule has 0 amide bonds. The van der Waals surface area contributed by atoms with Crippen molar-refractivity contribution in [3.8, 4) is 5.75 Å². The Morgan fingerprint density at radius 2 is 1.86 bits per heavy atom. The molecular formula is C11H14FNO. The minimum atomic E-state index is -1.35. The maximum Gasteiger partial charge on any atom is 0.142 e. The number of piperidine rings is 1. The average molecular weight is 195 g/mol. The van der Waals surface area contributed by atoms with Crippen LogP contribution in [0, 0.1) is 0 Å². The molecule has 1 aliphatic heterocycles. The van der Waals surface area contributed by atoms with Gasteiger partial charge in [0.05, 0.1) is 0 Å². The lowest BCUT2D eigenvalue weighted by Gasteiger charge is -2.30. The molecule has 2 rings (SSSR count). The maximum absolute atomic E-state index is 14.4. The van der Waals surface area contributed by atoms with E-state index in [2.05, 4.69) is 5.32 Å². The second kappa shape index (κ2) is 3.58. The molecule has 0 spiro atoms. The molecule has 0 radical (unpaired) electrons. The average Bonchev–Trinajstić information content (AvgIpc) is 2.19. The molecule has 1 heterocycles. The summed E-state index contributed by atoms with van der Waals surface area (Å²) >= 11 is 0. The third-order valence-electron chi connectivity index (χ3n) is 2.78. The monoisotopic (exact) mass is 195 g/mol. The number of aromatic hydroxyl groups is 1. The predicted molar refractivity (Wildman–Crippen MR) is 53.0 cm³/mol. The van der Waals surface area contributed by atoms with Crippen LogP contribution >= 0.6 is 0 Å². The van der Waals surface area contributed by atoms with E-state index < -0.39 is 5.67 Å². The molecule has 3 heteroatoms. The van der Waals surface area contributed by atoms with Crippen molar-refractivity contribution in [1.82, 2.24) is 5.32 Å². The molecule has 0 atom stereocenters. The molecule has 1 aromatic rings. The summed E-state index contributed by atoms with van der Waals surface area (Å²) in [5.41, 5.74) is -0.919. The predicted octanol–water partition coefficient (Wildman–Crippen LogP) is 1.94. The van der Waals surface area contributed by atoms with E-state index in [0.29, 0.717) is 31.5 Å². The van der Waals surface area contributed by atoms with Gasteiger partial charge in [0.1, 0.15) is 11.4 Å². The van der Waals surface area contributed by atoms with Crippen LogP contribution in [0.5, 0.6) is 5.75 Å². The number of phenolic OH excluding ortho intramolecular Hbond substituents is 1. The first-order valence-electron chi connectivity index (χ1n) is 4.90. The third-order valence-corrected chi connectivity index (χ3v) is 2.78. The Kier molecular flexibility index (Phi) is 2.42. The van der Waals surface area contributed by atoms with Crippen molar-refractivity contribution >= 4 is 0 Å². The van der Waals surface area contributed by atoms with Gasteiger partial charge >= 0.3 is 0 Å². The van der Waals surface area contributed by atoms with Crippen LogP contribution in [0.2, 0.25) is 0 Å². The Bertz CT molecular complexity index is 321. The normalized spacial score (nSPS) is 20.6. The Balaban J connectivity index is 2.32. The minimum absolute atomic E-state index is 0.0666. The molecule has 0 aliphatic carbocycles. The van der Waals surface area contributed by atoms with E-state index in [1.807, 2.05) is 0 Å². The Hall–Kier alpha value is -1.09. The van der Waals surface area contributed by atoms with E-state index in [0.717, 1.165) is 0 Å². The van der Waals surface area contributed by atoms with Crippen molar-refractivity contribution in [2.75, 3.05) is 13.1 Å². The second-order valence-corrected chi connectivity index (χ2v) is 3.73. The smallest absolute Gasteiger partial charge is 0.142 e. The number of phenols is 1. The van der Waals surface area contributed by atoms with Gasteiger partial charge in [-0.05, 0) is 32.0 Å². The zero-order valence-corrected chi connectivity index (χ0v) is 7.96. The van der Waals surface area contributed by atoms with Crippen molar-refractivity contribution in [3.63, 3.8) is 0 Å². The van der Waals surface area contributed by atoms with Gasteiger partial charge in [-0.3, -0.25) is 0 Å². The van der Waals surface area contributed by atoms with E-state index in [1.54, 1.807) is 24.3 Å². The summed E-state index contributed by atoms with van der Waals surface area (Å²) in [5.74, 6) is 0.0666. The number of rotatable bonds is 1. The highest BCUT2D eigenvalue weighted by Gasteiger charge is 2.35. The highest BCUT2D eigenvalue weighted by Crippen LogP contribution is 2.39. The first kappa shape index (κ1) is 9.46. The minimum Gasteiger partial charge on any atom is -0.508 e. The summed E-state index contributed by atoms with van der Waals surface area (Å²) in [4.78, 5) is 0. The number of alkyl halides is 1. The molecule has 0 aromatic heterocycles. The molecule has 0 saturated carbocycles. The quantitative estimate of drug-likeness (QED) is 0.717. The second-order valence-electron chi connectivity index (χ2n) is 3.73. The van der Waals surface area contributed by atoms with Crippen LogP contribution in [0.15, 0.2) is 24.3 Å². The Morgan fingerprint density at radius 1 is 1.21 bits per heavy atom. The van der Waals surface area contributed by atoms with Gasteiger partial charge in [0.15, 0.2) is 0 Å². The fourth-order valence-corrected chi connectivity index (χ4v) is 1.94. The zero-order valence-electron chi connectivity index (χ0n) is 7.96. The van der Waals surface area contributed by atoms with Gasteiger partial charge in [0.2, 0.25) is 0 Å². The van der Waals surface area contributed by atoms with Crippen LogP contribution in [0.1, 0.15) is 18.4 Å². The number of para-hydroxylation sites is 1. The first-order valence-corrected chi connectivity index (χ1v) is 4.90. The van der Waals surface area contributed by atoms with Gasteiger partial charge in [-0.25, -0.2) is 4.39 Å². The van der Waals surface area contributed by atoms with E-state index >= 15 is 0 Å². The number of nitrogens with one attached hydrogen (secondary N) is 1. The molecule has 1 saturated heterocycles. The Morgan fingerprint density at radius 3 is 2.50 bits per heavy atom. The van der Waals surface area contributed by atoms with Crippen molar-refractivity contribution in [2.45, 2.75) is 18.5 Å². The van der Waals surface area contributed by atoms with E-state index in [9.17, 15) is 9.50 Å². The van der Waals surface area contributed by atoms with Crippen molar-refractivity contribution in [2.24, 2.45) is 0 Å². The largest absolute Gasteiger partial charge is 0.508 e. The molecule has 0 bridgehead atoms. The SMILES string of the molecule is Oc1ccccc1C1(F)CCNCC1. The van der Waals surface area contributed by atoms with Crippen LogP contribution in [0.25, 0.3) is 0 Å². The van der Waals surface area contributed by atoms with Gasteiger partial charge in [0.25, 0.3) is 0 Å². The van der Waals surface area contributed by atoms with Crippen LogP contribution in [-0.2, 0) is 5.67 Å². The van der Waals surface area contributed by atoms with Crippen molar-refractivity contribution < 1.29 is 9.50 Å². The van der Waals surface area contributed by atoms with Crippen LogP contribution < -0.4 is 5.32 Å². The fraction of sp³-hybridized carbons (Fsp3) is 0.455. The lowest BCUT2D eigenvalue weighted by molar-refractivity contribution is 0.112. The summed E-state index contributed by atoms with van der Waals surface area (Å²) in [5, 5.41) is 12.7. The van der Waals surface area contributed by atoms with Gasteiger partial charge in [0, 0.05) is 5.56 Å². The van der Waals surface area contributed by atoms with Crippen LogP contribution in [0.4, 0.5) is 4.39 Å². The maximum atomic E-state index is 14.4. The van der Waals surface area contributed by atoms with E-state index in [4.69, 9.17) is 0 Å². The molecule has 1 fully saturated rings. The molecule has 1 aliphatic rings. The van der Waals surface area contributed by atoms with Crippen LogP contribution in [-0.4, -0.2) is 18.2 Å². The number of hydrogen-bond acceptors (Lipinski definition) is 2. The number of halogens is 1. The highest BCUT2D eigenvalue weighted by atomic mass is 19.1. The molecule has 1 aromatic carbocycles. The van der Waals surface area contributed by atoms with Crippen LogP contribution in [0.3, 0.4) is 0 Å². The van der Waals surface area contributed by atoms with Gasteiger partial charge in [-0.1, -0.05) is 18.2 Å². The van der Waals surface area contributed by atoms with E-state index in [1.165, 1.54) is 0 Å². The lowest BCUT2D eigenvalue weighted by atomic mass is 9.86. The number of hydrogen-bond donors (Lipinski definition) is 2. The zero-order chi connectivity index (χ0) is 10.0. The van der Waals surface area contributed by atoms with E-state index in [-0.39, 0.29) is 5.75 Å². The topological polar surface area (TPSA) is 32.3 Å². The summed E-state index contributed by atoms with van der Waals surface area (Å²) in [6.07, 6.45) is 0.870.